The Kier molecular flexibility index (Phi) is 4.15. The van der Waals surface area contributed by atoms with Crippen molar-refractivity contribution in [1.82, 2.24) is 9.88 Å². The van der Waals surface area contributed by atoms with Crippen LogP contribution in [0.2, 0.25) is 0 Å². The van der Waals surface area contributed by atoms with Gasteiger partial charge in [0, 0.05) is 22.8 Å². The maximum absolute atomic E-state index is 12.2. The standard InChI is InChI=1S/C14H21BrN2O/c1-9(2)17-8-12(15)7-13(17)14(18)16-10(3)6-11-4-5-11/h7-11H,4-6H2,1-3H3,(H,16,18). The number of nitrogens with zero attached hydrogens (tertiary/aromatic N) is 1. The number of amides is 1. The molecular formula is C14H21BrN2O. The first-order valence-electron chi connectivity index (χ1n) is 6.65. The van der Waals surface area contributed by atoms with Gasteiger partial charge in [-0.2, -0.15) is 0 Å². The van der Waals surface area contributed by atoms with E-state index in [1.807, 2.05) is 16.8 Å². The first kappa shape index (κ1) is 13.7. The second kappa shape index (κ2) is 5.47. The Balaban J connectivity index is 2.02. The lowest BCUT2D eigenvalue weighted by Gasteiger charge is -2.16. The average Bonchev–Trinajstić information content (AvgIpc) is 2.97. The Morgan fingerprint density at radius 1 is 1.50 bits per heavy atom. The van der Waals surface area contributed by atoms with Crippen molar-refractivity contribution in [2.45, 2.75) is 52.1 Å². The van der Waals surface area contributed by atoms with Gasteiger partial charge in [-0.25, -0.2) is 0 Å². The molecule has 1 aliphatic carbocycles. The largest absolute Gasteiger partial charge is 0.348 e. The van der Waals surface area contributed by atoms with Gasteiger partial charge in [0.25, 0.3) is 5.91 Å². The summed E-state index contributed by atoms with van der Waals surface area (Å²) in [5.74, 6) is 0.867. The predicted molar refractivity (Wildman–Crippen MR) is 76.8 cm³/mol. The van der Waals surface area contributed by atoms with E-state index in [0.29, 0.717) is 0 Å². The molecule has 1 amide bonds. The van der Waals surface area contributed by atoms with E-state index in [0.717, 1.165) is 22.5 Å². The predicted octanol–water partition coefficient (Wildman–Crippen LogP) is 3.75. The molecule has 1 aromatic rings. The first-order valence-corrected chi connectivity index (χ1v) is 7.45. The molecule has 0 aromatic carbocycles. The van der Waals surface area contributed by atoms with Crippen LogP contribution in [0.5, 0.6) is 0 Å². The Hall–Kier alpha value is -0.770. The Morgan fingerprint density at radius 2 is 2.17 bits per heavy atom. The number of halogens is 1. The fraction of sp³-hybridized carbons (Fsp3) is 0.643. The van der Waals surface area contributed by atoms with Crippen molar-refractivity contribution in [2.24, 2.45) is 5.92 Å². The van der Waals surface area contributed by atoms with Gasteiger partial charge >= 0.3 is 0 Å². The van der Waals surface area contributed by atoms with E-state index < -0.39 is 0 Å². The smallest absolute Gasteiger partial charge is 0.268 e. The highest BCUT2D eigenvalue weighted by Crippen LogP contribution is 2.33. The van der Waals surface area contributed by atoms with E-state index in [9.17, 15) is 4.79 Å². The van der Waals surface area contributed by atoms with Crippen LogP contribution < -0.4 is 5.32 Å². The third kappa shape index (κ3) is 3.37. The van der Waals surface area contributed by atoms with Gasteiger partial charge in [0.05, 0.1) is 0 Å². The Bertz CT molecular complexity index is 435. The fourth-order valence-electron chi connectivity index (χ4n) is 2.27. The second-order valence-corrected chi connectivity index (χ2v) is 6.51. The molecule has 0 aliphatic heterocycles. The van der Waals surface area contributed by atoms with Crippen LogP contribution in [-0.2, 0) is 0 Å². The molecule has 0 saturated heterocycles. The number of carbonyl (C=O) groups excluding carboxylic acids is 1. The minimum Gasteiger partial charge on any atom is -0.348 e. The minimum absolute atomic E-state index is 0.0301. The number of aromatic nitrogens is 1. The lowest BCUT2D eigenvalue weighted by molar-refractivity contribution is 0.0926. The number of rotatable bonds is 5. The molecule has 0 bridgehead atoms. The second-order valence-electron chi connectivity index (χ2n) is 5.60. The van der Waals surface area contributed by atoms with Gasteiger partial charge in [-0.3, -0.25) is 4.79 Å². The molecule has 100 valence electrons. The third-order valence-corrected chi connectivity index (χ3v) is 3.80. The van der Waals surface area contributed by atoms with Gasteiger partial charge in [-0.15, -0.1) is 0 Å². The summed E-state index contributed by atoms with van der Waals surface area (Å²) in [5.41, 5.74) is 0.736. The van der Waals surface area contributed by atoms with Crippen molar-refractivity contribution in [3.05, 3.63) is 22.4 Å². The Morgan fingerprint density at radius 3 is 2.72 bits per heavy atom. The molecule has 2 rings (SSSR count). The molecule has 3 nitrogen and oxygen atoms in total. The summed E-state index contributed by atoms with van der Waals surface area (Å²) in [5, 5.41) is 3.10. The monoisotopic (exact) mass is 312 g/mol. The number of hydrogen-bond acceptors (Lipinski definition) is 1. The molecule has 1 unspecified atom stereocenters. The van der Waals surface area contributed by atoms with Gasteiger partial charge in [-0.1, -0.05) is 12.8 Å². The van der Waals surface area contributed by atoms with Crippen LogP contribution in [0.1, 0.15) is 56.6 Å². The zero-order valence-electron chi connectivity index (χ0n) is 11.2. The molecule has 1 saturated carbocycles. The molecule has 1 atom stereocenters. The van der Waals surface area contributed by atoms with Crippen LogP contribution in [0.3, 0.4) is 0 Å². The molecule has 1 aliphatic rings. The van der Waals surface area contributed by atoms with Crippen molar-refractivity contribution in [3.63, 3.8) is 0 Å². The van der Waals surface area contributed by atoms with Crippen molar-refractivity contribution >= 4 is 21.8 Å². The van der Waals surface area contributed by atoms with Crippen LogP contribution in [0.25, 0.3) is 0 Å². The third-order valence-electron chi connectivity index (χ3n) is 3.37. The summed E-state index contributed by atoms with van der Waals surface area (Å²) >= 11 is 3.44. The molecule has 1 N–H and O–H groups in total. The van der Waals surface area contributed by atoms with Gasteiger partial charge in [0.1, 0.15) is 5.69 Å². The molecule has 1 heterocycles. The van der Waals surface area contributed by atoms with Crippen LogP contribution >= 0.6 is 15.9 Å². The lowest BCUT2D eigenvalue weighted by Crippen LogP contribution is -2.34. The number of carbonyl (C=O) groups is 1. The normalized spacial score (nSPS) is 16.9. The fourth-order valence-corrected chi connectivity index (χ4v) is 2.70. The van der Waals surface area contributed by atoms with Crippen LogP contribution in [-0.4, -0.2) is 16.5 Å². The molecule has 1 aromatic heterocycles. The molecular weight excluding hydrogens is 292 g/mol. The van der Waals surface area contributed by atoms with Crippen molar-refractivity contribution in [1.29, 1.82) is 0 Å². The quantitative estimate of drug-likeness (QED) is 0.882. The zero-order chi connectivity index (χ0) is 13.3. The van der Waals surface area contributed by atoms with Gasteiger partial charge < -0.3 is 9.88 Å². The van der Waals surface area contributed by atoms with Crippen LogP contribution in [0, 0.1) is 5.92 Å². The summed E-state index contributed by atoms with van der Waals surface area (Å²) in [6.45, 7) is 6.25. The van der Waals surface area contributed by atoms with Crippen molar-refractivity contribution < 1.29 is 4.79 Å². The summed E-state index contributed by atoms with van der Waals surface area (Å²) in [6, 6.07) is 2.44. The molecule has 18 heavy (non-hydrogen) atoms. The summed E-state index contributed by atoms with van der Waals surface area (Å²) in [7, 11) is 0. The summed E-state index contributed by atoms with van der Waals surface area (Å²) in [4.78, 5) is 12.2. The first-order chi connectivity index (χ1) is 8.47. The topological polar surface area (TPSA) is 34.0 Å². The Labute approximate surface area is 117 Å². The molecule has 4 heteroatoms. The maximum atomic E-state index is 12.2. The minimum atomic E-state index is 0.0301. The van der Waals surface area contributed by atoms with Crippen LogP contribution in [0.15, 0.2) is 16.7 Å². The van der Waals surface area contributed by atoms with E-state index >= 15 is 0 Å². The highest BCUT2D eigenvalue weighted by molar-refractivity contribution is 9.10. The van der Waals surface area contributed by atoms with E-state index in [1.165, 1.54) is 12.8 Å². The molecule has 0 radical (unpaired) electrons. The highest BCUT2D eigenvalue weighted by Gasteiger charge is 2.25. The van der Waals surface area contributed by atoms with Crippen molar-refractivity contribution in [2.75, 3.05) is 0 Å². The van der Waals surface area contributed by atoms with Gasteiger partial charge in [0.2, 0.25) is 0 Å². The SMILES string of the molecule is CC(CC1CC1)NC(=O)c1cc(Br)cn1C(C)C. The number of nitrogens with one attached hydrogen (secondary N) is 1. The zero-order valence-corrected chi connectivity index (χ0v) is 12.8. The van der Waals surface area contributed by atoms with Gasteiger partial charge in [0.15, 0.2) is 0 Å². The molecule has 1 fully saturated rings. The lowest BCUT2D eigenvalue weighted by atomic mass is 10.1. The number of hydrogen-bond donors (Lipinski definition) is 1. The van der Waals surface area contributed by atoms with E-state index in [-0.39, 0.29) is 18.0 Å². The van der Waals surface area contributed by atoms with E-state index in [4.69, 9.17) is 0 Å². The van der Waals surface area contributed by atoms with E-state index in [2.05, 4.69) is 42.0 Å². The van der Waals surface area contributed by atoms with Crippen LogP contribution in [0.4, 0.5) is 0 Å². The molecule has 0 spiro atoms. The maximum Gasteiger partial charge on any atom is 0.268 e. The highest BCUT2D eigenvalue weighted by atomic mass is 79.9. The average molecular weight is 313 g/mol. The van der Waals surface area contributed by atoms with E-state index in [1.54, 1.807) is 0 Å². The summed E-state index contributed by atoms with van der Waals surface area (Å²) in [6.07, 6.45) is 5.72. The van der Waals surface area contributed by atoms with Gasteiger partial charge in [-0.05, 0) is 55.1 Å². The summed E-state index contributed by atoms with van der Waals surface area (Å²) < 4.78 is 2.96. The van der Waals surface area contributed by atoms with Crippen molar-refractivity contribution in [3.8, 4) is 0 Å².